The maximum atomic E-state index is 12.6. The van der Waals surface area contributed by atoms with Crippen LogP contribution in [0.15, 0.2) is 42.5 Å². The molecule has 1 atom stereocenters. The number of hydrogen-bond donors (Lipinski definition) is 1. The zero-order valence-corrected chi connectivity index (χ0v) is 16.0. The minimum Gasteiger partial charge on any atom is -0.497 e. The van der Waals surface area contributed by atoms with Crippen molar-refractivity contribution in [2.75, 3.05) is 7.11 Å². The lowest BCUT2D eigenvalue weighted by Crippen LogP contribution is -2.41. The Hall–Kier alpha value is -2.49. The molecule has 0 aliphatic carbocycles. The van der Waals surface area contributed by atoms with Crippen molar-refractivity contribution < 1.29 is 14.3 Å². The van der Waals surface area contributed by atoms with Gasteiger partial charge in [-0.1, -0.05) is 31.2 Å². The molecule has 138 valence electrons. The molecule has 0 spiro atoms. The molecule has 0 fully saturated rings. The van der Waals surface area contributed by atoms with Crippen molar-refractivity contribution in [2.45, 2.75) is 51.7 Å². The molecular formula is C22H27NO3. The highest BCUT2D eigenvalue weighted by Gasteiger charge is 2.34. The number of fused-ring (bicyclic) bond motifs is 1. The molecular weight excluding hydrogens is 326 g/mol. The summed E-state index contributed by atoms with van der Waals surface area (Å²) in [5.41, 5.74) is 2.96. The fraction of sp³-hybridized carbons (Fsp3) is 0.409. The van der Waals surface area contributed by atoms with Crippen LogP contribution in [-0.4, -0.2) is 18.6 Å². The third-order valence-corrected chi connectivity index (χ3v) is 4.81. The van der Waals surface area contributed by atoms with Crippen molar-refractivity contribution in [2.24, 2.45) is 0 Å². The number of carbonyl (C=O) groups is 1. The van der Waals surface area contributed by atoms with Gasteiger partial charge in [-0.25, -0.2) is 0 Å². The molecule has 0 aromatic heterocycles. The number of carbonyl (C=O) groups excluding carboxylic acids is 1. The van der Waals surface area contributed by atoms with Gasteiger partial charge in [-0.2, -0.15) is 0 Å². The normalized spacial score (nSPS) is 17.8. The predicted octanol–water partition coefficient (Wildman–Crippen LogP) is 4.22. The van der Waals surface area contributed by atoms with E-state index in [2.05, 4.69) is 24.4 Å². The van der Waals surface area contributed by atoms with Crippen molar-refractivity contribution in [3.63, 3.8) is 0 Å². The smallest absolute Gasteiger partial charge is 0.224 e. The number of aryl methyl sites for hydroxylation is 1. The van der Waals surface area contributed by atoms with Crippen LogP contribution in [0.5, 0.6) is 11.5 Å². The van der Waals surface area contributed by atoms with Gasteiger partial charge in [-0.15, -0.1) is 0 Å². The Kier molecular flexibility index (Phi) is 5.21. The molecule has 0 radical (unpaired) electrons. The summed E-state index contributed by atoms with van der Waals surface area (Å²) in [6, 6.07) is 13.9. The molecule has 4 nitrogen and oxygen atoms in total. The van der Waals surface area contributed by atoms with E-state index in [4.69, 9.17) is 9.47 Å². The standard InChI is InChI=1S/C22H27NO3/c1-5-15-6-8-16(9-7-15)12-21(24)23-19-14-22(2,3)26-20-13-17(25-4)10-11-18(19)20/h6-11,13,19H,5,12,14H2,1-4H3,(H,23,24)/t19-/m0/s1. The fourth-order valence-corrected chi connectivity index (χ4v) is 3.41. The van der Waals surface area contributed by atoms with Crippen LogP contribution >= 0.6 is 0 Å². The molecule has 1 N–H and O–H groups in total. The summed E-state index contributed by atoms with van der Waals surface area (Å²) in [6.07, 6.45) is 2.12. The maximum absolute atomic E-state index is 12.6. The summed E-state index contributed by atoms with van der Waals surface area (Å²) in [5.74, 6) is 1.56. The first-order valence-electron chi connectivity index (χ1n) is 9.14. The Labute approximate surface area is 155 Å². The van der Waals surface area contributed by atoms with Crippen LogP contribution in [0.2, 0.25) is 0 Å². The van der Waals surface area contributed by atoms with E-state index in [0.717, 1.165) is 35.5 Å². The number of rotatable bonds is 5. The molecule has 26 heavy (non-hydrogen) atoms. The lowest BCUT2D eigenvalue weighted by molar-refractivity contribution is -0.121. The monoisotopic (exact) mass is 353 g/mol. The van der Waals surface area contributed by atoms with E-state index in [9.17, 15) is 4.79 Å². The molecule has 0 saturated heterocycles. The highest BCUT2D eigenvalue weighted by Crippen LogP contribution is 2.41. The molecule has 1 aliphatic rings. The molecule has 0 bridgehead atoms. The SMILES string of the molecule is CCc1ccc(CC(=O)N[C@H]2CC(C)(C)Oc3cc(OC)ccc32)cc1. The van der Waals surface area contributed by atoms with Gasteiger partial charge in [0.05, 0.1) is 19.6 Å². The minimum atomic E-state index is -0.347. The van der Waals surface area contributed by atoms with Crippen LogP contribution in [0.25, 0.3) is 0 Å². The molecule has 3 rings (SSSR count). The molecule has 1 amide bonds. The Balaban J connectivity index is 1.75. The maximum Gasteiger partial charge on any atom is 0.224 e. The Morgan fingerprint density at radius 2 is 1.88 bits per heavy atom. The van der Waals surface area contributed by atoms with Crippen molar-refractivity contribution in [1.29, 1.82) is 0 Å². The van der Waals surface area contributed by atoms with Gasteiger partial charge in [0.25, 0.3) is 0 Å². The van der Waals surface area contributed by atoms with E-state index >= 15 is 0 Å². The van der Waals surface area contributed by atoms with Crippen molar-refractivity contribution in [3.8, 4) is 11.5 Å². The van der Waals surface area contributed by atoms with Gasteiger partial charge >= 0.3 is 0 Å². The van der Waals surface area contributed by atoms with Crippen molar-refractivity contribution in [3.05, 3.63) is 59.2 Å². The molecule has 4 heteroatoms. The second kappa shape index (κ2) is 7.40. The number of hydrogen-bond acceptors (Lipinski definition) is 3. The van der Waals surface area contributed by atoms with Crippen LogP contribution in [-0.2, 0) is 17.6 Å². The highest BCUT2D eigenvalue weighted by atomic mass is 16.5. The van der Waals surface area contributed by atoms with Gasteiger partial charge < -0.3 is 14.8 Å². The summed E-state index contributed by atoms with van der Waals surface area (Å²) in [5, 5.41) is 3.19. The van der Waals surface area contributed by atoms with Gasteiger partial charge in [-0.05, 0) is 43.5 Å². The lowest BCUT2D eigenvalue weighted by Gasteiger charge is -2.38. The van der Waals surface area contributed by atoms with Gasteiger partial charge in [-0.3, -0.25) is 4.79 Å². The summed E-state index contributed by atoms with van der Waals surface area (Å²) in [6.45, 7) is 6.21. The lowest BCUT2D eigenvalue weighted by atomic mass is 9.89. The minimum absolute atomic E-state index is 0.0266. The third kappa shape index (κ3) is 4.18. The molecule has 0 unspecified atom stereocenters. The van der Waals surface area contributed by atoms with Crippen LogP contribution in [0.4, 0.5) is 0 Å². The van der Waals surface area contributed by atoms with E-state index in [1.54, 1.807) is 7.11 Å². The first kappa shape index (κ1) is 18.3. The largest absolute Gasteiger partial charge is 0.497 e. The second-order valence-electron chi connectivity index (χ2n) is 7.44. The van der Waals surface area contributed by atoms with Crippen molar-refractivity contribution >= 4 is 5.91 Å². The number of amides is 1. The second-order valence-corrected chi connectivity index (χ2v) is 7.44. The third-order valence-electron chi connectivity index (χ3n) is 4.81. The van der Waals surface area contributed by atoms with Gasteiger partial charge in [0.1, 0.15) is 17.1 Å². The molecule has 1 aliphatic heterocycles. The van der Waals surface area contributed by atoms with E-state index in [1.165, 1.54) is 5.56 Å². The summed E-state index contributed by atoms with van der Waals surface area (Å²) < 4.78 is 11.4. The molecule has 1 heterocycles. The van der Waals surface area contributed by atoms with Crippen LogP contribution in [0.3, 0.4) is 0 Å². The van der Waals surface area contributed by atoms with Gasteiger partial charge in [0, 0.05) is 18.1 Å². The fourth-order valence-electron chi connectivity index (χ4n) is 3.41. The van der Waals surface area contributed by atoms with E-state index in [1.807, 2.05) is 44.2 Å². The van der Waals surface area contributed by atoms with E-state index in [0.29, 0.717) is 6.42 Å². The van der Waals surface area contributed by atoms with Gasteiger partial charge in [0.15, 0.2) is 0 Å². The Morgan fingerprint density at radius 1 is 1.19 bits per heavy atom. The summed E-state index contributed by atoms with van der Waals surface area (Å²) >= 11 is 0. The average Bonchev–Trinajstić information content (AvgIpc) is 2.60. The van der Waals surface area contributed by atoms with Crippen molar-refractivity contribution in [1.82, 2.24) is 5.32 Å². The number of ether oxygens (including phenoxy) is 2. The first-order chi connectivity index (χ1) is 12.4. The molecule has 2 aromatic carbocycles. The molecule has 2 aromatic rings. The van der Waals surface area contributed by atoms with Gasteiger partial charge in [0.2, 0.25) is 5.91 Å². The average molecular weight is 353 g/mol. The summed E-state index contributed by atoms with van der Waals surface area (Å²) in [4.78, 5) is 12.6. The van der Waals surface area contributed by atoms with Crippen LogP contribution in [0, 0.1) is 0 Å². The van der Waals surface area contributed by atoms with Crippen LogP contribution < -0.4 is 14.8 Å². The van der Waals surface area contributed by atoms with E-state index < -0.39 is 0 Å². The molecule has 0 saturated carbocycles. The quantitative estimate of drug-likeness (QED) is 0.875. The Morgan fingerprint density at radius 3 is 2.54 bits per heavy atom. The number of nitrogens with one attached hydrogen (secondary N) is 1. The zero-order chi connectivity index (χ0) is 18.7. The predicted molar refractivity (Wildman–Crippen MR) is 103 cm³/mol. The first-order valence-corrected chi connectivity index (χ1v) is 9.14. The summed E-state index contributed by atoms with van der Waals surface area (Å²) in [7, 11) is 1.64. The number of benzene rings is 2. The highest BCUT2D eigenvalue weighted by molar-refractivity contribution is 5.79. The Bertz CT molecular complexity index is 780. The number of methoxy groups -OCH3 is 1. The van der Waals surface area contributed by atoms with E-state index in [-0.39, 0.29) is 17.6 Å². The topological polar surface area (TPSA) is 47.6 Å². The zero-order valence-electron chi connectivity index (χ0n) is 16.0. The van der Waals surface area contributed by atoms with Crippen LogP contribution in [0.1, 0.15) is 49.9 Å².